The quantitative estimate of drug-likeness (QED) is 0.0169. The van der Waals surface area contributed by atoms with Crippen LogP contribution in [-0.2, 0) is 65.4 Å². The van der Waals surface area contributed by atoms with Gasteiger partial charge in [0.25, 0.3) is 0 Å². The molecule has 572 valence electrons. The summed E-state index contributed by atoms with van der Waals surface area (Å²) in [6.45, 7) is 4.11. The average Bonchev–Trinajstić information content (AvgIpc) is 0.919. The molecule has 0 saturated carbocycles. The third-order valence-corrected chi connectivity index (χ3v) is 16.2. The molecule has 5 atom stereocenters. The van der Waals surface area contributed by atoms with Gasteiger partial charge >= 0.3 is 39.5 Å². The zero-order valence-electron chi connectivity index (χ0n) is 62.2. The molecular formula is C83H128O17P2. The van der Waals surface area contributed by atoms with Crippen LogP contribution in [0.3, 0.4) is 0 Å². The highest BCUT2D eigenvalue weighted by Gasteiger charge is 2.30. The third kappa shape index (κ3) is 72.0. The Bertz CT molecular complexity index is 2750. The first-order chi connectivity index (χ1) is 49.7. The van der Waals surface area contributed by atoms with Gasteiger partial charge in [0.15, 0.2) is 12.2 Å². The van der Waals surface area contributed by atoms with E-state index in [0.717, 1.165) is 148 Å². The lowest BCUT2D eigenvalue weighted by Crippen LogP contribution is -2.30. The van der Waals surface area contributed by atoms with Gasteiger partial charge in [-0.1, -0.05) is 247 Å². The molecule has 3 N–H and O–H groups in total. The number of phosphoric acid groups is 2. The first-order valence-corrected chi connectivity index (χ1v) is 40.3. The number of ether oxygens (including phenoxy) is 4. The number of phosphoric ester groups is 2. The minimum Gasteiger partial charge on any atom is -0.462 e. The van der Waals surface area contributed by atoms with Crippen LogP contribution in [-0.4, -0.2) is 96.7 Å². The molecule has 0 saturated heterocycles. The van der Waals surface area contributed by atoms with Crippen LogP contribution in [0.15, 0.2) is 207 Å². The van der Waals surface area contributed by atoms with Crippen LogP contribution in [0.2, 0.25) is 0 Å². The van der Waals surface area contributed by atoms with Gasteiger partial charge in [-0.3, -0.25) is 37.3 Å². The molecule has 0 aromatic heterocycles. The Morgan fingerprint density at radius 1 is 0.284 bits per heavy atom. The van der Waals surface area contributed by atoms with E-state index in [1.807, 2.05) is 18.2 Å². The molecule has 102 heavy (non-hydrogen) atoms. The van der Waals surface area contributed by atoms with Crippen molar-refractivity contribution in [3.8, 4) is 0 Å². The molecule has 17 nitrogen and oxygen atoms in total. The van der Waals surface area contributed by atoms with Crippen LogP contribution >= 0.6 is 15.6 Å². The van der Waals surface area contributed by atoms with Crippen LogP contribution in [0.25, 0.3) is 0 Å². The maximum absolute atomic E-state index is 13.1. The van der Waals surface area contributed by atoms with Crippen molar-refractivity contribution in [1.82, 2.24) is 0 Å². The monoisotopic (exact) mass is 1460 g/mol. The summed E-state index contributed by atoms with van der Waals surface area (Å²) in [6.07, 6.45) is 90.1. The van der Waals surface area contributed by atoms with Gasteiger partial charge in [-0.25, -0.2) is 9.13 Å². The summed E-state index contributed by atoms with van der Waals surface area (Å²) in [5.41, 5.74) is 0. The number of hydrogen-bond acceptors (Lipinski definition) is 15. The summed E-state index contributed by atoms with van der Waals surface area (Å²) >= 11 is 0. The predicted octanol–water partition coefficient (Wildman–Crippen LogP) is 21.5. The van der Waals surface area contributed by atoms with Gasteiger partial charge in [-0.2, -0.15) is 0 Å². The van der Waals surface area contributed by atoms with E-state index in [1.54, 1.807) is 12.2 Å². The molecule has 5 unspecified atom stereocenters. The van der Waals surface area contributed by atoms with Gasteiger partial charge in [0.2, 0.25) is 0 Å². The van der Waals surface area contributed by atoms with Gasteiger partial charge in [-0.05, 0) is 167 Å². The molecule has 0 rings (SSSR count). The molecule has 0 amide bonds. The molecule has 0 aliphatic rings. The second-order valence-corrected chi connectivity index (χ2v) is 26.6. The van der Waals surface area contributed by atoms with Gasteiger partial charge in [-0.15, -0.1) is 0 Å². The Labute approximate surface area is 614 Å². The standard InChI is InChI=1S/C83H128O17P2/c1-5-9-13-17-21-25-29-33-37-38-42-44-48-52-56-60-64-68-81(86)94-74-79(100-83(88)70-66-62-58-54-50-46-41-36-32-28-24-20-16-12-8-4)76-98-102(91,92)96-72-77(84)71-95-101(89,90)97-75-78(99-82(87)69-65-61-57-53-49-45-40-35-31-27-23-19-15-11-7-3)73-93-80(85)67-63-59-55-51-47-43-39-34-30-26-22-18-14-10-6-2/h9-16,21-28,33-37,39-42,44,47,49-51,53-54,62,66,77-79,84H,5-8,17-20,29-32,38,43,45-46,48,52,55-61,63-65,67-76H2,1-4H3,(H,89,90)(H,91,92)/b13-9-,14-10-,15-11-,16-12-,25-21-,26-22-,27-23-,28-24-,37-33-,39-34-,40-35-,41-36-,44-42-,51-47-,53-49-,54-50-,66-62-. The fourth-order valence-corrected chi connectivity index (χ4v) is 10.3. The minimum absolute atomic E-state index is 0.0214. The SMILES string of the molecule is CC/C=C\C/C=C\C/C=C\C/C=C\C/C=C\CC(=O)OC(COC(=O)CCCCCC/C=C\C/C=C\C/C=C\C/C=C\CC)COP(=O)(O)OCC(O)COP(=O)(O)OCC(COC(=O)CCCC/C=C\C/C=C\C/C=C\C/C=C\CC)OC(=O)CCCC/C=C\C/C=C\C/C=C\C/C=C\CC. The molecule has 0 heterocycles. The molecule has 19 heteroatoms. The largest absolute Gasteiger partial charge is 0.472 e. The number of carbonyl (C=O) groups is 4. The van der Waals surface area contributed by atoms with Crippen molar-refractivity contribution in [2.75, 3.05) is 39.6 Å². The van der Waals surface area contributed by atoms with Crippen molar-refractivity contribution in [2.45, 2.75) is 251 Å². The van der Waals surface area contributed by atoms with E-state index >= 15 is 0 Å². The fraction of sp³-hybridized carbons (Fsp3) is 0.542. The maximum atomic E-state index is 13.1. The Balaban J connectivity index is 5.55. The van der Waals surface area contributed by atoms with E-state index in [1.165, 1.54) is 0 Å². The minimum atomic E-state index is -5.02. The zero-order valence-corrected chi connectivity index (χ0v) is 64.0. The smallest absolute Gasteiger partial charge is 0.462 e. The van der Waals surface area contributed by atoms with Crippen molar-refractivity contribution >= 4 is 39.5 Å². The van der Waals surface area contributed by atoms with Gasteiger partial charge in [0.1, 0.15) is 19.3 Å². The second-order valence-electron chi connectivity index (χ2n) is 23.7. The second kappa shape index (κ2) is 73.0. The van der Waals surface area contributed by atoms with Crippen LogP contribution in [0, 0.1) is 0 Å². The number of carbonyl (C=O) groups excluding carboxylic acids is 4. The summed E-state index contributed by atoms with van der Waals surface area (Å²) in [7, 11) is -10.0. The maximum Gasteiger partial charge on any atom is 0.472 e. The first kappa shape index (κ1) is 95.6. The normalized spacial score (nSPS) is 15.1. The number of unbranched alkanes of at least 4 members (excludes halogenated alkanes) is 8. The summed E-state index contributed by atoms with van der Waals surface area (Å²) < 4.78 is 68.2. The average molecular weight is 1460 g/mol. The van der Waals surface area contributed by atoms with Gasteiger partial charge < -0.3 is 33.8 Å². The topological polar surface area (TPSA) is 237 Å². The number of aliphatic hydroxyl groups excluding tert-OH is 1. The lowest BCUT2D eigenvalue weighted by atomic mass is 10.1. The molecule has 0 fully saturated rings. The zero-order chi connectivity index (χ0) is 74.6. The Morgan fingerprint density at radius 3 is 0.833 bits per heavy atom. The summed E-state index contributed by atoms with van der Waals surface area (Å²) in [4.78, 5) is 72.8. The Kier molecular flexibility index (Phi) is 68.4. The highest BCUT2D eigenvalue weighted by Crippen LogP contribution is 2.45. The Morgan fingerprint density at radius 2 is 0.520 bits per heavy atom. The molecule has 0 aliphatic heterocycles. The molecule has 0 bridgehead atoms. The van der Waals surface area contributed by atoms with Crippen LogP contribution in [0.4, 0.5) is 0 Å². The molecule has 0 aromatic carbocycles. The molecule has 0 radical (unpaired) electrons. The lowest BCUT2D eigenvalue weighted by molar-refractivity contribution is -0.161. The van der Waals surface area contributed by atoms with E-state index in [0.29, 0.717) is 32.1 Å². The van der Waals surface area contributed by atoms with Crippen molar-refractivity contribution in [3.63, 3.8) is 0 Å². The van der Waals surface area contributed by atoms with E-state index in [-0.39, 0.29) is 25.7 Å². The fourth-order valence-electron chi connectivity index (χ4n) is 8.74. The number of hydrogen-bond donors (Lipinski definition) is 3. The lowest BCUT2D eigenvalue weighted by Gasteiger charge is -2.21. The highest BCUT2D eigenvalue weighted by molar-refractivity contribution is 7.47. The molecular weight excluding hydrogens is 1330 g/mol. The van der Waals surface area contributed by atoms with Crippen LogP contribution in [0.5, 0.6) is 0 Å². The predicted molar refractivity (Wildman–Crippen MR) is 417 cm³/mol. The van der Waals surface area contributed by atoms with E-state index in [9.17, 15) is 43.2 Å². The van der Waals surface area contributed by atoms with Gasteiger partial charge in [0.05, 0.1) is 32.8 Å². The summed E-state index contributed by atoms with van der Waals surface area (Å²) in [6, 6.07) is 0. The molecule has 0 spiro atoms. The Hall–Kier alpha value is -6.36. The van der Waals surface area contributed by atoms with E-state index in [4.69, 9.17) is 37.0 Å². The highest BCUT2D eigenvalue weighted by atomic mass is 31.2. The summed E-state index contributed by atoms with van der Waals surface area (Å²) in [5, 5.41) is 10.6. The third-order valence-electron chi connectivity index (χ3n) is 14.3. The van der Waals surface area contributed by atoms with E-state index < -0.39 is 97.5 Å². The number of allylic oxidation sites excluding steroid dienone is 33. The van der Waals surface area contributed by atoms with Crippen molar-refractivity contribution in [2.24, 2.45) is 0 Å². The molecule has 0 aromatic rings. The van der Waals surface area contributed by atoms with Crippen LogP contribution in [0.1, 0.15) is 233 Å². The van der Waals surface area contributed by atoms with Gasteiger partial charge in [0, 0.05) is 19.3 Å². The molecule has 0 aliphatic carbocycles. The van der Waals surface area contributed by atoms with Crippen molar-refractivity contribution in [1.29, 1.82) is 0 Å². The first-order valence-electron chi connectivity index (χ1n) is 37.3. The van der Waals surface area contributed by atoms with E-state index in [2.05, 4.69) is 204 Å². The van der Waals surface area contributed by atoms with Crippen LogP contribution < -0.4 is 0 Å². The van der Waals surface area contributed by atoms with Crippen molar-refractivity contribution < 1.29 is 80.2 Å². The van der Waals surface area contributed by atoms with Crippen molar-refractivity contribution in [3.05, 3.63) is 207 Å². The number of aliphatic hydroxyl groups is 1. The number of rotatable bonds is 67. The number of esters is 4. The summed E-state index contributed by atoms with van der Waals surface area (Å²) in [5.74, 6) is -2.48.